The maximum atomic E-state index is 12.6. The molecule has 1 heterocycles. The topological polar surface area (TPSA) is 60.9 Å². The summed E-state index contributed by atoms with van der Waals surface area (Å²) in [6.07, 6.45) is 0.794. The summed E-state index contributed by atoms with van der Waals surface area (Å²) >= 11 is 3.43. The first-order valence-electron chi connectivity index (χ1n) is 6.97. The smallest absolute Gasteiger partial charge is 0.317 e. The molecule has 6 heteroatoms. The van der Waals surface area contributed by atoms with Crippen molar-refractivity contribution in [3.63, 3.8) is 0 Å². The minimum Gasteiger partial charge on any atom is -0.480 e. The number of amides is 1. The molecule has 5 nitrogen and oxygen atoms in total. The highest BCUT2D eigenvalue weighted by atomic mass is 79.9. The Balaban J connectivity index is 2.06. The van der Waals surface area contributed by atoms with Crippen molar-refractivity contribution in [2.24, 2.45) is 0 Å². The zero-order valence-electron chi connectivity index (χ0n) is 12.0. The minimum atomic E-state index is -0.823. The van der Waals surface area contributed by atoms with Gasteiger partial charge in [0.25, 0.3) is 5.91 Å². The van der Waals surface area contributed by atoms with E-state index in [0.29, 0.717) is 31.7 Å². The van der Waals surface area contributed by atoms with Crippen molar-refractivity contribution in [2.75, 3.05) is 32.7 Å². The number of hydrogen-bond donors (Lipinski definition) is 1. The van der Waals surface area contributed by atoms with E-state index in [1.54, 1.807) is 4.90 Å². The molecule has 1 saturated heterocycles. The number of benzene rings is 1. The van der Waals surface area contributed by atoms with Crippen LogP contribution in [0.25, 0.3) is 0 Å². The van der Waals surface area contributed by atoms with Crippen molar-refractivity contribution in [1.82, 2.24) is 9.80 Å². The molecular weight excluding hydrogens is 336 g/mol. The van der Waals surface area contributed by atoms with Crippen LogP contribution in [0.3, 0.4) is 0 Å². The summed E-state index contributed by atoms with van der Waals surface area (Å²) in [6.45, 7) is 4.53. The Labute approximate surface area is 132 Å². The Morgan fingerprint density at radius 2 is 2.00 bits per heavy atom. The third-order valence-electron chi connectivity index (χ3n) is 3.59. The number of aryl methyl sites for hydroxylation is 1. The largest absolute Gasteiger partial charge is 0.480 e. The van der Waals surface area contributed by atoms with E-state index in [1.807, 2.05) is 30.0 Å². The van der Waals surface area contributed by atoms with Gasteiger partial charge in [-0.2, -0.15) is 0 Å². The summed E-state index contributed by atoms with van der Waals surface area (Å²) < 4.78 is 0.796. The molecule has 1 fully saturated rings. The average Bonchev–Trinajstić information content (AvgIpc) is 2.66. The molecule has 1 aromatic carbocycles. The first-order valence-corrected chi connectivity index (χ1v) is 7.76. The molecule has 21 heavy (non-hydrogen) atoms. The third-order valence-corrected chi connectivity index (χ3v) is 4.28. The molecule has 0 saturated carbocycles. The van der Waals surface area contributed by atoms with E-state index in [-0.39, 0.29) is 12.5 Å². The van der Waals surface area contributed by atoms with Gasteiger partial charge in [0.15, 0.2) is 0 Å². The second-order valence-corrected chi connectivity index (χ2v) is 6.15. The predicted octanol–water partition coefficient (Wildman–Crippen LogP) is 1.99. The van der Waals surface area contributed by atoms with Crippen molar-refractivity contribution in [1.29, 1.82) is 0 Å². The van der Waals surface area contributed by atoms with Crippen LogP contribution in [0.1, 0.15) is 22.3 Å². The van der Waals surface area contributed by atoms with Crippen LogP contribution in [-0.4, -0.2) is 59.5 Å². The summed E-state index contributed by atoms with van der Waals surface area (Å²) in [7, 11) is 0. The maximum absolute atomic E-state index is 12.6. The van der Waals surface area contributed by atoms with Gasteiger partial charge in [0.2, 0.25) is 0 Å². The molecule has 1 amide bonds. The monoisotopic (exact) mass is 354 g/mol. The molecule has 0 bridgehead atoms. The Bertz CT molecular complexity index is 548. The molecule has 1 aromatic rings. The zero-order valence-corrected chi connectivity index (χ0v) is 13.6. The number of carboxylic acids is 1. The van der Waals surface area contributed by atoms with Crippen LogP contribution in [0.5, 0.6) is 0 Å². The van der Waals surface area contributed by atoms with Gasteiger partial charge in [-0.3, -0.25) is 14.5 Å². The van der Waals surface area contributed by atoms with Crippen molar-refractivity contribution in [3.8, 4) is 0 Å². The Morgan fingerprint density at radius 3 is 2.71 bits per heavy atom. The molecule has 114 valence electrons. The molecule has 1 aliphatic heterocycles. The third kappa shape index (κ3) is 4.28. The summed E-state index contributed by atoms with van der Waals surface area (Å²) in [4.78, 5) is 27.1. The number of carbonyl (C=O) groups is 2. The Hall–Kier alpha value is -1.40. The lowest BCUT2D eigenvalue weighted by atomic mass is 10.1. The molecule has 2 rings (SSSR count). The molecule has 0 unspecified atom stereocenters. The fourth-order valence-electron chi connectivity index (χ4n) is 2.50. The number of rotatable bonds is 3. The highest BCUT2D eigenvalue weighted by Gasteiger charge is 2.22. The second kappa shape index (κ2) is 7.04. The van der Waals surface area contributed by atoms with E-state index in [9.17, 15) is 9.59 Å². The van der Waals surface area contributed by atoms with E-state index in [2.05, 4.69) is 15.9 Å². The molecular formula is C15H19BrN2O3. The lowest BCUT2D eigenvalue weighted by molar-refractivity contribution is -0.138. The number of carboxylic acid groups (broad SMARTS) is 1. The van der Waals surface area contributed by atoms with Gasteiger partial charge in [-0.1, -0.05) is 11.6 Å². The number of hydrogen-bond acceptors (Lipinski definition) is 3. The van der Waals surface area contributed by atoms with Gasteiger partial charge in [-0.25, -0.2) is 0 Å². The van der Waals surface area contributed by atoms with Gasteiger partial charge in [0.1, 0.15) is 0 Å². The lowest BCUT2D eigenvalue weighted by Gasteiger charge is -2.22. The van der Waals surface area contributed by atoms with Crippen molar-refractivity contribution >= 4 is 27.8 Å². The fraction of sp³-hybridized carbons (Fsp3) is 0.467. The molecule has 0 spiro atoms. The summed E-state index contributed by atoms with van der Waals surface area (Å²) in [5, 5.41) is 8.85. The van der Waals surface area contributed by atoms with Gasteiger partial charge in [0.05, 0.1) is 12.1 Å². The highest BCUT2D eigenvalue weighted by molar-refractivity contribution is 9.10. The first-order chi connectivity index (χ1) is 9.97. The van der Waals surface area contributed by atoms with Crippen LogP contribution in [0.4, 0.5) is 0 Å². The van der Waals surface area contributed by atoms with Crippen LogP contribution >= 0.6 is 15.9 Å². The van der Waals surface area contributed by atoms with Crippen molar-refractivity contribution < 1.29 is 14.7 Å². The second-order valence-electron chi connectivity index (χ2n) is 5.30. The molecule has 0 aromatic heterocycles. The molecule has 0 radical (unpaired) electrons. The van der Waals surface area contributed by atoms with E-state index in [4.69, 9.17) is 5.11 Å². The molecule has 0 atom stereocenters. The molecule has 1 N–H and O–H groups in total. The van der Waals surface area contributed by atoms with E-state index in [1.165, 1.54) is 0 Å². The minimum absolute atomic E-state index is 0.00255. The van der Waals surface area contributed by atoms with Crippen LogP contribution < -0.4 is 0 Å². The predicted molar refractivity (Wildman–Crippen MR) is 83.5 cm³/mol. The van der Waals surface area contributed by atoms with Crippen LogP contribution in [0.15, 0.2) is 22.7 Å². The van der Waals surface area contributed by atoms with Gasteiger partial charge < -0.3 is 10.0 Å². The normalized spacial score (nSPS) is 16.6. The van der Waals surface area contributed by atoms with Gasteiger partial charge in [-0.05, 0) is 41.4 Å². The number of carbonyl (C=O) groups excluding carboxylic acids is 1. The zero-order chi connectivity index (χ0) is 15.4. The molecule has 1 aliphatic rings. The summed E-state index contributed by atoms with van der Waals surface area (Å²) in [5.74, 6) is -0.820. The van der Waals surface area contributed by atoms with Crippen LogP contribution in [-0.2, 0) is 4.79 Å². The number of nitrogens with zero attached hydrogens (tertiary/aromatic N) is 2. The quantitative estimate of drug-likeness (QED) is 0.901. The van der Waals surface area contributed by atoms with Crippen LogP contribution in [0.2, 0.25) is 0 Å². The summed E-state index contributed by atoms with van der Waals surface area (Å²) in [5.41, 5.74) is 1.71. The number of aliphatic carboxylic acids is 1. The van der Waals surface area contributed by atoms with E-state index in [0.717, 1.165) is 16.5 Å². The van der Waals surface area contributed by atoms with Crippen LogP contribution in [0, 0.1) is 6.92 Å². The van der Waals surface area contributed by atoms with Gasteiger partial charge in [0, 0.05) is 30.7 Å². The molecule has 0 aliphatic carbocycles. The van der Waals surface area contributed by atoms with Gasteiger partial charge >= 0.3 is 5.97 Å². The Morgan fingerprint density at radius 1 is 1.24 bits per heavy atom. The Kier molecular flexibility index (Phi) is 5.36. The fourth-order valence-corrected chi connectivity index (χ4v) is 2.91. The number of halogens is 1. The lowest BCUT2D eigenvalue weighted by Crippen LogP contribution is -2.36. The SMILES string of the molecule is Cc1ccc(Br)c(C(=O)N2CCCN(CC(=O)O)CC2)c1. The first kappa shape index (κ1) is 16.0. The van der Waals surface area contributed by atoms with E-state index < -0.39 is 5.97 Å². The van der Waals surface area contributed by atoms with Crippen molar-refractivity contribution in [3.05, 3.63) is 33.8 Å². The average molecular weight is 355 g/mol. The highest BCUT2D eigenvalue weighted by Crippen LogP contribution is 2.20. The van der Waals surface area contributed by atoms with Crippen molar-refractivity contribution in [2.45, 2.75) is 13.3 Å². The van der Waals surface area contributed by atoms with Gasteiger partial charge in [-0.15, -0.1) is 0 Å². The summed E-state index contributed by atoms with van der Waals surface area (Å²) in [6, 6.07) is 5.72. The van der Waals surface area contributed by atoms with E-state index >= 15 is 0 Å². The maximum Gasteiger partial charge on any atom is 0.317 e. The standard InChI is InChI=1S/C15H19BrN2O3/c1-11-3-4-13(16)12(9-11)15(21)18-6-2-5-17(7-8-18)10-14(19)20/h3-4,9H,2,5-8,10H2,1H3,(H,19,20).